The number of benzene rings is 1. The Kier molecular flexibility index (Phi) is 4.53. The van der Waals surface area contributed by atoms with Gasteiger partial charge in [-0.3, -0.25) is 14.3 Å². The maximum atomic E-state index is 13.0. The van der Waals surface area contributed by atoms with Crippen molar-refractivity contribution < 1.29 is 9.59 Å². The predicted octanol–water partition coefficient (Wildman–Crippen LogP) is 3.05. The number of nitrogens with zero attached hydrogens (tertiary/aromatic N) is 3. The molecule has 2 N–H and O–H groups in total. The summed E-state index contributed by atoms with van der Waals surface area (Å²) >= 11 is 1.33. The first-order valence-electron chi connectivity index (χ1n) is 8.78. The molecule has 4 rings (SSSR count). The van der Waals surface area contributed by atoms with Crippen molar-refractivity contribution >= 4 is 23.2 Å². The summed E-state index contributed by atoms with van der Waals surface area (Å²) in [6.07, 6.45) is 5.85. The van der Waals surface area contributed by atoms with Crippen LogP contribution in [-0.4, -0.2) is 32.5 Å². The minimum absolute atomic E-state index is 0.0380. The molecule has 1 aliphatic carbocycles. The van der Waals surface area contributed by atoms with Crippen molar-refractivity contribution in [2.24, 2.45) is 12.8 Å². The molecule has 27 heavy (non-hydrogen) atoms. The number of aryl methyl sites for hydroxylation is 1. The summed E-state index contributed by atoms with van der Waals surface area (Å²) in [7, 11) is 1.87. The Morgan fingerprint density at radius 2 is 2.00 bits per heavy atom. The highest BCUT2D eigenvalue weighted by Crippen LogP contribution is 2.31. The predicted molar refractivity (Wildman–Crippen MR) is 104 cm³/mol. The molecule has 0 radical (unpaired) electrons. The molecule has 3 aromatic rings. The van der Waals surface area contributed by atoms with Crippen molar-refractivity contribution in [3.63, 3.8) is 0 Å². The molecule has 1 aromatic carbocycles. The second-order valence-electron chi connectivity index (χ2n) is 6.83. The first-order valence-corrected chi connectivity index (χ1v) is 9.66. The van der Waals surface area contributed by atoms with Gasteiger partial charge in [0.25, 0.3) is 11.8 Å². The molecule has 0 unspecified atom stereocenters. The molecular weight excluding hydrogens is 360 g/mol. The molecule has 138 valence electrons. The molecule has 2 aromatic heterocycles. The summed E-state index contributed by atoms with van der Waals surface area (Å²) in [5.41, 5.74) is 8.91. The Bertz CT molecular complexity index is 986. The van der Waals surface area contributed by atoms with Gasteiger partial charge in [-0.15, -0.1) is 11.3 Å². The molecule has 7 heteroatoms. The second kappa shape index (κ2) is 7.00. The van der Waals surface area contributed by atoms with Gasteiger partial charge in [0, 0.05) is 37.0 Å². The molecule has 6 nitrogen and oxygen atoms in total. The van der Waals surface area contributed by atoms with Crippen LogP contribution in [0, 0.1) is 0 Å². The molecule has 1 fully saturated rings. The van der Waals surface area contributed by atoms with Crippen LogP contribution in [0.15, 0.2) is 48.1 Å². The van der Waals surface area contributed by atoms with Gasteiger partial charge in [0.1, 0.15) is 0 Å². The van der Waals surface area contributed by atoms with E-state index >= 15 is 0 Å². The van der Waals surface area contributed by atoms with E-state index in [1.807, 2.05) is 47.8 Å². The summed E-state index contributed by atoms with van der Waals surface area (Å²) in [6.45, 7) is 0.575. The zero-order valence-corrected chi connectivity index (χ0v) is 15.8. The van der Waals surface area contributed by atoms with E-state index in [-0.39, 0.29) is 5.91 Å². The van der Waals surface area contributed by atoms with E-state index in [1.165, 1.54) is 11.3 Å². The van der Waals surface area contributed by atoms with Gasteiger partial charge in [-0.1, -0.05) is 12.1 Å². The van der Waals surface area contributed by atoms with Crippen LogP contribution < -0.4 is 5.73 Å². The molecule has 1 saturated carbocycles. The summed E-state index contributed by atoms with van der Waals surface area (Å²) in [4.78, 5) is 26.7. The standard InChI is InChI=1S/C20H20N4O2S/c1-23-10-13(9-22-23)11-24(17-6-7-17)20(26)15-4-2-14(3-5-15)16-8-18(19(21)25)27-12-16/h2-5,8-10,12,17H,6-7,11H2,1H3,(H2,21,25). The van der Waals surface area contributed by atoms with Crippen LogP contribution in [0.4, 0.5) is 0 Å². The van der Waals surface area contributed by atoms with Gasteiger partial charge in [0.05, 0.1) is 11.1 Å². The number of thiophene rings is 1. The Balaban J connectivity index is 1.52. The molecule has 0 saturated heterocycles. The van der Waals surface area contributed by atoms with E-state index in [1.54, 1.807) is 16.9 Å². The number of hydrogen-bond donors (Lipinski definition) is 1. The summed E-state index contributed by atoms with van der Waals surface area (Å²) in [5.74, 6) is -0.385. The van der Waals surface area contributed by atoms with Crippen LogP contribution >= 0.6 is 11.3 Å². The van der Waals surface area contributed by atoms with Gasteiger partial charge in [-0.25, -0.2) is 0 Å². The lowest BCUT2D eigenvalue weighted by molar-refractivity contribution is 0.0729. The Labute approximate surface area is 161 Å². The van der Waals surface area contributed by atoms with E-state index in [0.29, 0.717) is 23.0 Å². The van der Waals surface area contributed by atoms with E-state index in [4.69, 9.17) is 5.73 Å². The molecule has 1 aliphatic rings. The largest absolute Gasteiger partial charge is 0.365 e. The minimum Gasteiger partial charge on any atom is -0.365 e. The SMILES string of the molecule is Cn1cc(CN(C(=O)c2ccc(-c3csc(C(N)=O)c3)cc2)C2CC2)cn1. The van der Waals surface area contributed by atoms with Crippen LogP contribution in [-0.2, 0) is 13.6 Å². The number of carbonyl (C=O) groups excluding carboxylic acids is 2. The van der Waals surface area contributed by atoms with E-state index in [9.17, 15) is 9.59 Å². The zero-order chi connectivity index (χ0) is 19.0. The minimum atomic E-state index is -0.423. The summed E-state index contributed by atoms with van der Waals surface area (Å²) < 4.78 is 1.75. The highest BCUT2D eigenvalue weighted by Gasteiger charge is 2.33. The van der Waals surface area contributed by atoms with Crippen molar-refractivity contribution in [3.8, 4) is 11.1 Å². The molecule has 0 atom stereocenters. The number of rotatable bonds is 6. The van der Waals surface area contributed by atoms with Crippen LogP contribution in [0.5, 0.6) is 0 Å². The third kappa shape index (κ3) is 3.78. The molecular formula is C20H20N4O2S. The maximum Gasteiger partial charge on any atom is 0.258 e. The summed E-state index contributed by atoms with van der Waals surface area (Å²) in [6, 6.07) is 9.61. The fourth-order valence-electron chi connectivity index (χ4n) is 3.09. The van der Waals surface area contributed by atoms with Gasteiger partial charge in [-0.2, -0.15) is 5.10 Å². The lowest BCUT2D eigenvalue weighted by Crippen LogP contribution is -2.32. The highest BCUT2D eigenvalue weighted by molar-refractivity contribution is 7.12. The first-order chi connectivity index (χ1) is 13.0. The lowest BCUT2D eigenvalue weighted by Gasteiger charge is -2.22. The molecule has 0 spiro atoms. The topological polar surface area (TPSA) is 81.2 Å². The van der Waals surface area contributed by atoms with Gasteiger partial charge in [0.15, 0.2) is 0 Å². The van der Waals surface area contributed by atoms with Gasteiger partial charge >= 0.3 is 0 Å². The van der Waals surface area contributed by atoms with Crippen LogP contribution in [0.3, 0.4) is 0 Å². The Morgan fingerprint density at radius 3 is 2.56 bits per heavy atom. The Hall–Kier alpha value is -2.93. The van der Waals surface area contributed by atoms with Gasteiger partial charge in [0.2, 0.25) is 0 Å². The van der Waals surface area contributed by atoms with Crippen molar-refractivity contribution in [2.75, 3.05) is 0 Å². The fraction of sp³-hybridized carbons (Fsp3) is 0.250. The zero-order valence-electron chi connectivity index (χ0n) is 15.0. The van der Waals surface area contributed by atoms with Gasteiger partial charge < -0.3 is 10.6 Å². The molecule has 0 aliphatic heterocycles. The second-order valence-corrected chi connectivity index (χ2v) is 7.74. The average Bonchev–Trinajstić information content (AvgIpc) is 3.22. The Morgan fingerprint density at radius 1 is 1.26 bits per heavy atom. The smallest absolute Gasteiger partial charge is 0.258 e. The highest BCUT2D eigenvalue weighted by atomic mass is 32.1. The summed E-state index contributed by atoms with van der Waals surface area (Å²) in [5, 5.41) is 6.09. The number of primary amides is 1. The first kappa shape index (κ1) is 17.5. The monoisotopic (exact) mass is 380 g/mol. The van der Waals surface area contributed by atoms with Gasteiger partial charge in [-0.05, 0) is 47.5 Å². The molecule has 2 amide bonds. The number of aromatic nitrogens is 2. The van der Waals surface area contributed by atoms with E-state index in [0.717, 1.165) is 29.5 Å². The number of carbonyl (C=O) groups is 2. The van der Waals surface area contributed by atoms with Crippen LogP contribution in [0.25, 0.3) is 11.1 Å². The van der Waals surface area contributed by atoms with Crippen LogP contribution in [0.1, 0.15) is 38.4 Å². The van der Waals surface area contributed by atoms with E-state index < -0.39 is 5.91 Å². The average molecular weight is 380 g/mol. The third-order valence-corrected chi connectivity index (χ3v) is 5.61. The number of hydrogen-bond acceptors (Lipinski definition) is 4. The quantitative estimate of drug-likeness (QED) is 0.714. The number of nitrogens with two attached hydrogens (primary N) is 1. The molecule has 2 heterocycles. The third-order valence-electron chi connectivity index (χ3n) is 4.67. The fourth-order valence-corrected chi connectivity index (χ4v) is 3.86. The van der Waals surface area contributed by atoms with E-state index in [2.05, 4.69) is 5.10 Å². The van der Waals surface area contributed by atoms with Crippen molar-refractivity contribution in [2.45, 2.75) is 25.4 Å². The van der Waals surface area contributed by atoms with Crippen LogP contribution in [0.2, 0.25) is 0 Å². The van der Waals surface area contributed by atoms with Crippen molar-refractivity contribution in [3.05, 3.63) is 64.1 Å². The maximum absolute atomic E-state index is 13.0. The number of amides is 2. The molecule has 0 bridgehead atoms. The van der Waals surface area contributed by atoms with Crippen molar-refractivity contribution in [1.29, 1.82) is 0 Å². The van der Waals surface area contributed by atoms with Crippen molar-refractivity contribution in [1.82, 2.24) is 14.7 Å². The normalized spacial score (nSPS) is 13.5. The lowest BCUT2D eigenvalue weighted by atomic mass is 10.1.